The van der Waals surface area contributed by atoms with Crippen LogP contribution in [0.15, 0.2) is 65.8 Å². The molecule has 35 heavy (non-hydrogen) atoms. The van der Waals surface area contributed by atoms with Crippen molar-refractivity contribution in [3.05, 3.63) is 78.0 Å². The van der Waals surface area contributed by atoms with E-state index >= 15 is 0 Å². The summed E-state index contributed by atoms with van der Waals surface area (Å²) >= 11 is 0. The van der Waals surface area contributed by atoms with Gasteiger partial charge in [0.2, 0.25) is 15.9 Å². The van der Waals surface area contributed by atoms with Crippen LogP contribution in [0.4, 0.5) is 4.39 Å². The summed E-state index contributed by atoms with van der Waals surface area (Å²) in [6, 6.07) is 12.6. The van der Waals surface area contributed by atoms with Gasteiger partial charge in [-0.15, -0.1) is 0 Å². The quantitative estimate of drug-likeness (QED) is 0.508. The minimum atomic E-state index is -3.72. The number of aryl methyl sites for hydroxylation is 1. The average molecular weight is 497 g/mol. The molecule has 1 atom stereocenters. The van der Waals surface area contributed by atoms with Crippen LogP contribution >= 0.6 is 0 Å². The summed E-state index contributed by atoms with van der Waals surface area (Å²) in [6.45, 7) is 3.75. The van der Waals surface area contributed by atoms with Crippen molar-refractivity contribution in [3.8, 4) is 11.3 Å². The maximum Gasteiger partial charge on any atom is 0.242 e. The van der Waals surface area contributed by atoms with Gasteiger partial charge < -0.3 is 5.32 Å². The smallest absolute Gasteiger partial charge is 0.242 e. The number of hydrogen-bond acceptors (Lipinski definition) is 5. The molecule has 1 aliphatic rings. The molecule has 0 bridgehead atoms. The fourth-order valence-corrected chi connectivity index (χ4v) is 5.59. The SMILES string of the molecule is Cc1cc(-c2ccc(S(=O)(=O)N[C@H]3CC[C@H](C(=O)N[C@H](C)c4ccc(F)cc4)CC3)cn2)ccn1. The van der Waals surface area contributed by atoms with E-state index in [-0.39, 0.29) is 34.6 Å². The molecule has 1 fully saturated rings. The second-order valence-electron chi connectivity index (χ2n) is 9.02. The lowest BCUT2D eigenvalue weighted by atomic mass is 9.85. The fourth-order valence-electron chi connectivity index (χ4n) is 4.34. The molecule has 1 aromatic carbocycles. The van der Waals surface area contributed by atoms with Crippen LogP contribution < -0.4 is 10.0 Å². The van der Waals surface area contributed by atoms with Crippen molar-refractivity contribution in [2.24, 2.45) is 5.92 Å². The zero-order chi connectivity index (χ0) is 25.0. The maximum absolute atomic E-state index is 13.1. The van der Waals surface area contributed by atoms with Gasteiger partial charge in [-0.1, -0.05) is 12.1 Å². The van der Waals surface area contributed by atoms with Gasteiger partial charge >= 0.3 is 0 Å². The molecule has 9 heteroatoms. The number of sulfonamides is 1. The van der Waals surface area contributed by atoms with E-state index in [0.29, 0.717) is 31.4 Å². The number of halogens is 1. The molecular weight excluding hydrogens is 467 g/mol. The minimum absolute atomic E-state index is 0.0609. The van der Waals surface area contributed by atoms with Gasteiger partial charge in [0.25, 0.3) is 0 Å². The second kappa shape index (κ2) is 10.6. The second-order valence-corrected chi connectivity index (χ2v) is 10.7. The zero-order valence-corrected chi connectivity index (χ0v) is 20.6. The normalized spacial score (nSPS) is 19.2. The van der Waals surface area contributed by atoms with Gasteiger partial charge in [0.15, 0.2) is 0 Å². The third-order valence-electron chi connectivity index (χ3n) is 6.39. The highest BCUT2D eigenvalue weighted by molar-refractivity contribution is 7.89. The summed E-state index contributed by atoms with van der Waals surface area (Å²) in [5, 5.41) is 2.98. The molecular formula is C26H29FN4O3S. The van der Waals surface area contributed by atoms with Crippen LogP contribution in [0.25, 0.3) is 11.3 Å². The highest BCUT2D eigenvalue weighted by Gasteiger charge is 2.30. The lowest BCUT2D eigenvalue weighted by molar-refractivity contribution is -0.126. The molecule has 7 nitrogen and oxygen atoms in total. The number of hydrogen-bond donors (Lipinski definition) is 2. The number of benzene rings is 1. The van der Waals surface area contributed by atoms with E-state index in [2.05, 4.69) is 20.0 Å². The lowest BCUT2D eigenvalue weighted by Gasteiger charge is -2.29. The molecule has 184 valence electrons. The Balaban J connectivity index is 1.30. The fraction of sp³-hybridized carbons (Fsp3) is 0.346. The summed E-state index contributed by atoms with van der Waals surface area (Å²) in [5.41, 5.74) is 3.24. The molecule has 1 amide bonds. The van der Waals surface area contributed by atoms with E-state index in [1.165, 1.54) is 18.3 Å². The summed E-state index contributed by atoms with van der Waals surface area (Å²) in [7, 11) is -3.72. The van der Waals surface area contributed by atoms with Crippen LogP contribution in [0.2, 0.25) is 0 Å². The number of amides is 1. The van der Waals surface area contributed by atoms with Gasteiger partial charge in [-0.25, -0.2) is 17.5 Å². The Morgan fingerprint density at radius 2 is 1.74 bits per heavy atom. The van der Waals surface area contributed by atoms with Crippen molar-refractivity contribution in [3.63, 3.8) is 0 Å². The Morgan fingerprint density at radius 1 is 1.03 bits per heavy atom. The Bertz CT molecular complexity index is 1270. The van der Waals surface area contributed by atoms with Crippen LogP contribution in [0.5, 0.6) is 0 Å². The molecule has 0 radical (unpaired) electrons. The predicted molar refractivity (Wildman–Crippen MR) is 131 cm³/mol. The number of nitrogens with one attached hydrogen (secondary N) is 2. The summed E-state index contributed by atoms with van der Waals surface area (Å²) in [4.78, 5) is 21.3. The topological polar surface area (TPSA) is 101 Å². The summed E-state index contributed by atoms with van der Waals surface area (Å²) in [6.07, 6.45) is 5.39. The number of pyridine rings is 2. The van der Waals surface area contributed by atoms with E-state index in [0.717, 1.165) is 16.8 Å². The van der Waals surface area contributed by atoms with Gasteiger partial charge in [-0.05, 0) is 81.5 Å². The van der Waals surface area contributed by atoms with Crippen LogP contribution in [-0.2, 0) is 14.8 Å². The van der Waals surface area contributed by atoms with Crippen molar-refractivity contribution in [2.45, 2.75) is 56.5 Å². The first-order chi connectivity index (χ1) is 16.7. The van der Waals surface area contributed by atoms with Crippen molar-refractivity contribution in [2.75, 3.05) is 0 Å². The first-order valence-electron chi connectivity index (χ1n) is 11.7. The Labute approximate surface area is 205 Å². The van der Waals surface area contributed by atoms with E-state index in [9.17, 15) is 17.6 Å². The number of carbonyl (C=O) groups is 1. The van der Waals surface area contributed by atoms with E-state index in [1.54, 1.807) is 30.5 Å². The van der Waals surface area contributed by atoms with Crippen LogP contribution in [0.1, 0.15) is 49.9 Å². The zero-order valence-electron chi connectivity index (χ0n) is 19.7. The Kier molecular flexibility index (Phi) is 7.57. The average Bonchev–Trinajstić information content (AvgIpc) is 2.84. The third kappa shape index (κ3) is 6.29. The number of rotatable bonds is 7. The van der Waals surface area contributed by atoms with E-state index < -0.39 is 10.0 Å². The van der Waals surface area contributed by atoms with Crippen molar-refractivity contribution >= 4 is 15.9 Å². The highest BCUT2D eigenvalue weighted by Crippen LogP contribution is 2.27. The van der Waals surface area contributed by atoms with Crippen LogP contribution in [0.3, 0.4) is 0 Å². The molecule has 2 aromatic heterocycles. The standard InChI is InChI=1S/C26H29FN4O3S/c1-17-15-21(13-14-28-17)25-12-11-24(16-29-25)35(33,34)31-23-9-5-20(6-10-23)26(32)30-18(2)19-3-7-22(27)8-4-19/h3-4,7-8,11-16,18,20,23,31H,5-6,9-10H2,1-2H3,(H,30,32)/t18-,20-,23-/m1/s1. The number of nitrogens with zero attached hydrogens (tertiary/aromatic N) is 2. The van der Waals surface area contributed by atoms with E-state index in [1.807, 2.05) is 26.0 Å². The summed E-state index contributed by atoms with van der Waals surface area (Å²) < 4.78 is 41.6. The van der Waals surface area contributed by atoms with Gasteiger partial charge in [0.05, 0.1) is 11.7 Å². The number of carbonyl (C=O) groups excluding carboxylic acids is 1. The lowest BCUT2D eigenvalue weighted by Crippen LogP contribution is -2.41. The molecule has 0 spiro atoms. The van der Waals surface area contributed by atoms with Crippen molar-refractivity contribution < 1.29 is 17.6 Å². The Hall–Kier alpha value is -3.17. The molecule has 4 rings (SSSR count). The van der Waals surface area contributed by atoms with Crippen molar-refractivity contribution in [1.29, 1.82) is 0 Å². The predicted octanol–water partition coefficient (Wildman–Crippen LogP) is 4.31. The Morgan fingerprint density at radius 3 is 2.37 bits per heavy atom. The highest BCUT2D eigenvalue weighted by atomic mass is 32.2. The molecule has 0 saturated heterocycles. The maximum atomic E-state index is 13.1. The monoisotopic (exact) mass is 496 g/mol. The van der Waals surface area contributed by atoms with Crippen LogP contribution in [0, 0.1) is 18.7 Å². The van der Waals surface area contributed by atoms with E-state index in [4.69, 9.17) is 0 Å². The molecule has 3 aromatic rings. The van der Waals surface area contributed by atoms with Crippen molar-refractivity contribution in [1.82, 2.24) is 20.0 Å². The minimum Gasteiger partial charge on any atom is -0.349 e. The molecule has 1 aliphatic carbocycles. The van der Waals surface area contributed by atoms with Gasteiger partial charge in [0, 0.05) is 35.6 Å². The third-order valence-corrected chi connectivity index (χ3v) is 7.89. The first-order valence-corrected chi connectivity index (χ1v) is 13.2. The van der Waals surface area contributed by atoms with Crippen LogP contribution in [-0.4, -0.2) is 30.3 Å². The number of aromatic nitrogens is 2. The first kappa shape index (κ1) is 24.9. The van der Waals surface area contributed by atoms with Gasteiger partial charge in [-0.2, -0.15) is 0 Å². The molecule has 1 saturated carbocycles. The molecule has 0 aliphatic heterocycles. The van der Waals surface area contributed by atoms with Gasteiger partial charge in [-0.3, -0.25) is 14.8 Å². The molecule has 0 unspecified atom stereocenters. The molecule has 2 N–H and O–H groups in total. The molecule has 2 heterocycles. The summed E-state index contributed by atoms with van der Waals surface area (Å²) in [5.74, 6) is -0.554. The van der Waals surface area contributed by atoms with Gasteiger partial charge in [0.1, 0.15) is 10.7 Å². The largest absolute Gasteiger partial charge is 0.349 e.